The normalized spacial score (nSPS) is 22.6. The van der Waals surface area contributed by atoms with Crippen LogP contribution in [0.5, 0.6) is 0 Å². The van der Waals surface area contributed by atoms with Gasteiger partial charge in [0.2, 0.25) is 0 Å². The Morgan fingerprint density at radius 2 is 1.93 bits per heavy atom. The molecular formula is C21H22FN3O2S. The van der Waals surface area contributed by atoms with E-state index in [-0.39, 0.29) is 16.7 Å². The second-order valence-electron chi connectivity index (χ2n) is 7.60. The predicted octanol–water partition coefficient (Wildman–Crippen LogP) is 4.40. The van der Waals surface area contributed by atoms with E-state index in [1.807, 2.05) is 39.0 Å². The van der Waals surface area contributed by atoms with E-state index < -0.39 is 10.7 Å². The lowest BCUT2D eigenvalue weighted by Crippen LogP contribution is -2.51. The first kappa shape index (κ1) is 18.8. The largest absolute Gasteiger partial charge is 0.323 e. The third kappa shape index (κ3) is 2.76. The van der Waals surface area contributed by atoms with E-state index in [1.54, 1.807) is 28.0 Å². The molecule has 0 saturated carbocycles. The van der Waals surface area contributed by atoms with Crippen LogP contribution in [0.1, 0.15) is 26.3 Å². The Bertz CT molecular complexity index is 950. The number of thioether (sulfide) groups is 1. The maximum Gasteiger partial charge on any atom is 0.323 e. The Hall–Kier alpha value is -2.54. The first-order valence-corrected chi connectivity index (χ1v) is 10.1. The standard InChI is InChI=1S/C21H22FN3O2S/c1-4-24-17-11-10-14(22)12-16(17)21(18(24)26)25(13-20(2,3)28-21)19(27)23-15-8-6-5-7-9-15/h5-12H,4,13H2,1-3H3,(H,23,27)/t21-/m1/s1. The van der Waals surface area contributed by atoms with Gasteiger partial charge in [0.05, 0.1) is 5.69 Å². The van der Waals surface area contributed by atoms with Crippen molar-refractivity contribution in [2.45, 2.75) is 30.4 Å². The maximum absolute atomic E-state index is 14.2. The minimum absolute atomic E-state index is 0.200. The zero-order chi connectivity index (χ0) is 20.1. The lowest BCUT2D eigenvalue weighted by Gasteiger charge is -2.33. The molecule has 5 nitrogen and oxygen atoms in total. The summed E-state index contributed by atoms with van der Waals surface area (Å²) in [5.41, 5.74) is 1.85. The van der Waals surface area contributed by atoms with Crippen molar-refractivity contribution in [1.29, 1.82) is 0 Å². The number of halogens is 1. The molecule has 2 aliphatic heterocycles. The fourth-order valence-corrected chi connectivity index (χ4v) is 5.72. The Kier molecular flexibility index (Phi) is 4.38. The van der Waals surface area contributed by atoms with Gasteiger partial charge in [0.15, 0.2) is 4.87 Å². The Labute approximate surface area is 167 Å². The SMILES string of the molecule is CCN1C(=O)[C@]2(SC(C)(C)CN2C(=O)Nc2ccccc2)c2cc(F)ccc21. The lowest BCUT2D eigenvalue weighted by molar-refractivity contribution is -0.123. The van der Waals surface area contributed by atoms with E-state index in [9.17, 15) is 14.0 Å². The first-order chi connectivity index (χ1) is 13.3. The number of nitrogens with one attached hydrogen (secondary N) is 1. The molecule has 3 amide bonds. The molecule has 2 heterocycles. The Morgan fingerprint density at radius 3 is 2.61 bits per heavy atom. The molecule has 4 rings (SSSR count). The molecule has 1 spiro atoms. The first-order valence-electron chi connectivity index (χ1n) is 9.24. The number of likely N-dealkylation sites (N-methyl/N-ethyl adjacent to an activating group) is 1. The van der Waals surface area contributed by atoms with E-state index in [4.69, 9.17) is 0 Å². The van der Waals surface area contributed by atoms with Gasteiger partial charge in [-0.1, -0.05) is 18.2 Å². The summed E-state index contributed by atoms with van der Waals surface area (Å²) in [6.45, 7) is 6.69. The van der Waals surface area contributed by atoms with Crippen LogP contribution in [0.2, 0.25) is 0 Å². The van der Waals surface area contributed by atoms with E-state index >= 15 is 0 Å². The van der Waals surface area contributed by atoms with Crippen LogP contribution in [0, 0.1) is 5.82 Å². The summed E-state index contributed by atoms with van der Waals surface area (Å²) in [7, 11) is 0. The topological polar surface area (TPSA) is 52.7 Å². The highest BCUT2D eigenvalue weighted by Gasteiger charge is 2.63. The third-order valence-corrected chi connectivity index (χ3v) is 6.67. The van der Waals surface area contributed by atoms with Gasteiger partial charge >= 0.3 is 6.03 Å². The van der Waals surface area contributed by atoms with E-state index in [0.717, 1.165) is 0 Å². The molecular weight excluding hydrogens is 377 g/mol. The molecule has 28 heavy (non-hydrogen) atoms. The highest BCUT2D eigenvalue weighted by Crippen LogP contribution is 2.59. The number of carbonyl (C=O) groups excluding carboxylic acids is 2. The molecule has 146 valence electrons. The highest BCUT2D eigenvalue weighted by atomic mass is 32.2. The van der Waals surface area contributed by atoms with Crippen molar-refractivity contribution in [3.8, 4) is 0 Å². The third-order valence-electron chi connectivity index (χ3n) is 5.08. The summed E-state index contributed by atoms with van der Waals surface area (Å²) in [6.07, 6.45) is 0. The van der Waals surface area contributed by atoms with E-state index in [1.165, 1.54) is 23.9 Å². The monoisotopic (exact) mass is 399 g/mol. The average Bonchev–Trinajstić information content (AvgIpc) is 3.07. The second kappa shape index (κ2) is 6.51. The van der Waals surface area contributed by atoms with Crippen molar-refractivity contribution in [2.24, 2.45) is 0 Å². The van der Waals surface area contributed by atoms with Crippen molar-refractivity contribution in [3.05, 3.63) is 59.9 Å². The molecule has 1 saturated heterocycles. The molecule has 0 aliphatic carbocycles. The summed E-state index contributed by atoms with van der Waals surface area (Å²) in [6, 6.07) is 13.1. The van der Waals surface area contributed by atoms with Crippen LogP contribution in [0.25, 0.3) is 0 Å². The van der Waals surface area contributed by atoms with Crippen LogP contribution in [-0.2, 0) is 9.67 Å². The summed E-state index contributed by atoms with van der Waals surface area (Å²) in [4.78, 5) is 28.7. The summed E-state index contributed by atoms with van der Waals surface area (Å²) in [5.74, 6) is -0.619. The number of carbonyl (C=O) groups is 2. The van der Waals surface area contributed by atoms with E-state index in [0.29, 0.717) is 30.0 Å². The predicted molar refractivity (Wildman–Crippen MR) is 110 cm³/mol. The maximum atomic E-state index is 14.2. The average molecular weight is 399 g/mol. The minimum atomic E-state index is -1.27. The quantitative estimate of drug-likeness (QED) is 0.814. The van der Waals surface area contributed by atoms with Gasteiger partial charge in [0, 0.05) is 29.1 Å². The molecule has 1 fully saturated rings. The van der Waals surface area contributed by atoms with Crippen molar-refractivity contribution in [2.75, 3.05) is 23.3 Å². The number of fused-ring (bicyclic) bond motifs is 2. The summed E-state index contributed by atoms with van der Waals surface area (Å²) < 4.78 is 13.8. The van der Waals surface area contributed by atoms with Crippen LogP contribution < -0.4 is 10.2 Å². The zero-order valence-corrected chi connectivity index (χ0v) is 16.8. The molecule has 7 heteroatoms. The molecule has 0 bridgehead atoms. The van der Waals surface area contributed by atoms with Gasteiger partial charge in [-0.15, -0.1) is 11.8 Å². The molecule has 1 N–H and O–H groups in total. The number of urea groups is 1. The van der Waals surface area contributed by atoms with Crippen LogP contribution in [-0.4, -0.2) is 34.7 Å². The summed E-state index contributed by atoms with van der Waals surface area (Å²) in [5, 5.41) is 2.88. The Morgan fingerprint density at radius 1 is 1.21 bits per heavy atom. The molecule has 2 aromatic carbocycles. The number of hydrogen-bond donors (Lipinski definition) is 1. The van der Waals surface area contributed by atoms with Gasteiger partial charge in [-0.05, 0) is 51.1 Å². The fraction of sp³-hybridized carbons (Fsp3) is 0.333. The van der Waals surface area contributed by atoms with Gasteiger partial charge in [0.1, 0.15) is 5.82 Å². The summed E-state index contributed by atoms with van der Waals surface area (Å²) >= 11 is 1.41. The number of para-hydroxylation sites is 1. The molecule has 2 aliphatic rings. The minimum Gasteiger partial charge on any atom is -0.309 e. The number of rotatable bonds is 2. The molecule has 0 radical (unpaired) electrons. The van der Waals surface area contributed by atoms with Gasteiger partial charge in [-0.3, -0.25) is 9.69 Å². The number of amides is 3. The number of anilines is 2. The van der Waals surface area contributed by atoms with Gasteiger partial charge in [0.25, 0.3) is 5.91 Å². The molecule has 1 atom stereocenters. The van der Waals surface area contributed by atoms with E-state index in [2.05, 4.69) is 5.32 Å². The van der Waals surface area contributed by atoms with Crippen molar-refractivity contribution >= 4 is 35.1 Å². The lowest BCUT2D eigenvalue weighted by atomic mass is 10.0. The molecule has 2 aromatic rings. The van der Waals surface area contributed by atoms with Crippen LogP contribution in [0.3, 0.4) is 0 Å². The number of benzene rings is 2. The Balaban J connectivity index is 1.82. The number of hydrogen-bond acceptors (Lipinski definition) is 3. The van der Waals surface area contributed by atoms with Crippen molar-refractivity contribution in [1.82, 2.24) is 4.90 Å². The van der Waals surface area contributed by atoms with Crippen LogP contribution in [0.4, 0.5) is 20.6 Å². The van der Waals surface area contributed by atoms with Crippen LogP contribution >= 0.6 is 11.8 Å². The molecule has 0 aromatic heterocycles. The van der Waals surface area contributed by atoms with Gasteiger partial charge in [-0.2, -0.15) is 0 Å². The fourth-order valence-electron chi connectivity index (χ4n) is 4.00. The van der Waals surface area contributed by atoms with Gasteiger partial charge in [-0.25, -0.2) is 9.18 Å². The molecule has 0 unspecified atom stereocenters. The van der Waals surface area contributed by atoms with Crippen molar-refractivity contribution < 1.29 is 14.0 Å². The van der Waals surface area contributed by atoms with Crippen molar-refractivity contribution in [3.63, 3.8) is 0 Å². The second-order valence-corrected chi connectivity index (χ2v) is 9.50. The smallest absolute Gasteiger partial charge is 0.309 e. The highest BCUT2D eigenvalue weighted by molar-refractivity contribution is 8.02. The zero-order valence-electron chi connectivity index (χ0n) is 16.0. The van der Waals surface area contributed by atoms with Gasteiger partial charge < -0.3 is 10.2 Å². The number of nitrogens with zero attached hydrogens (tertiary/aromatic N) is 2. The van der Waals surface area contributed by atoms with Crippen LogP contribution in [0.15, 0.2) is 48.5 Å².